The van der Waals surface area contributed by atoms with Crippen LogP contribution < -0.4 is 0 Å². The fourth-order valence-electron chi connectivity index (χ4n) is 3.59. The topological polar surface area (TPSA) is 20.3 Å². The number of hydrogen-bond donors (Lipinski definition) is 0. The van der Waals surface area contributed by atoms with E-state index in [1.807, 2.05) is 38.1 Å². The second-order valence-electron chi connectivity index (χ2n) is 6.07. The summed E-state index contributed by atoms with van der Waals surface area (Å²) in [6.45, 7) is 2.02. The highest BCUT2D eigenvalue weighted by molar-refractivity contribution is 5.86. The van der Waals surface area contributed by atoms with Crippen molar-refractivity contribution in [2.75, 3.05) is 14.1 Å². The lowest BCUT2D eigenvalue weighted by atomic mass is 9.58. The largest absolute Gasteiger partial charge is 0.299 e. The molecule has 0 aromatic heterocycles. The van der Waals surface area contributed by atoms with Crippen molar-refractivity contribution in [3.05, 3.63) is 35.6 Å². The number of halogens is 1. The monoisotopic (exact) mass is 277 g/mol. The Hall–Kier alpha value is -1.22. The van der Waals surface area contributed by atoms with E-state index in [0.29, 0.717) is 6.42 Å². The zero-order valence-corrected chi connectivity index (χ0v) is 12.7. The van der Waals surface area contributed by atoms with Crippen LogP contribution in [0.2, 0.25) is 0 Å². The van der Waals surface area contributed by atoms with Crippen molar-refractivity contribution in [1.82, 2.24) is 4.90 Å². The van der Waals surface area contributed by atoms with Gasteiger partial charge in [-0.1, -0.05) is 31.5 Å². The normalized spacial score (nSPS) is 18.6. The third-order valence-corrected chi connectivity index (χ3v) is 4.50. The smallest absolute Gasteiger partial charge is 0.150 e. The molecule has 1 atom stereocenters. The van der Waals surface area contributed by atoms with Crippen molar-refractivity contribution in [1.29, 1.82) is 0 Å². The Labute approximate surface area is 121 Å². The van der Waals surface area contributed by atoms with E-state index in [2.05, 4.69) is 0 Å². The SMILES string of the molecule is CCCC(=O)C(N(C)C)C1(c2ccccc2F)CCC1. The highest BCUT2D eigenvalue weighted by Crippen LogP contribution is 2.49. The molecular formula is C17H24FNO. The molecule has 1 aliphatic rings. The van der Waals surface area contributed by atoms with Gasteiger partial charge in [0.1, 0.15) is 5.82 Å². The van der Waals surface area contributed by atoms with Crippen LogP contribution in [0.3, 0.4) is 0 Å². The van der Waals surface area contributed by atoms with Gasteiger partial charge >= 0.3 is 0 Å². The Kier molecular flexibility index (Phi) is 4.59. The molecule has 0 saturated heterocycles. The lowest BCUT2D eigenvalue weighted by Gasteiger charge is -2.50. The van der Waals surface area contributed by atoms with Gasteiger partial charge < -0.3 is 0 Å². The minimum atomic E-state index is -0.332. The van der Waals surface area contributed by atoms with E-state index in [4.69, 9.17) is 0 Å². The number of carbonyl (C=O) groups excluding carboxylic acids is 1. The van der Waals surface area contributed by atoms with Gasteiger partial charge in [-0.25, -0.2) is 4.39 Å². The molecule has 20 heavy (non-hydrogen) atoms. The average Bonchev–Trinajstić information content (AvgIpc) is 2.34. The third kappa shape index (κ3) is 2.51. The van der Waals surface area contributed by atoms with Crippen LogP contribution in [0.15, 0.2) is 24.3 Å². The maximum atomic E-state index is 14.2. The summed E-state index contributed by atoms with van der Waals surface area (Å²) in [5.41, 5.74) is 0.385. The molecular weight excluding hydrogens is 253 g/mol. The van der Waals surface area contributed by atoms with Crippen LogP contribution in [-0.4, -0.2) is 30.8 Å². The maximum Gasteiger partial charge on any atom is 0.150 e. The fraction of sp³-hybridized carbons (Fsp3) is 0.588. The lowest BCUT2D eigenvalue weighted by Crippen LogP contribution is -2.56. The van der Waals surface area contributed by atoms with Gasteiger partial charge in [0.15, 0.2) is 5.78 Å². The van der Waals surface area contributed by atoms with Crippen LogP contribution in [0.4, 0.5) is 4.39 Å². The zero-order chi connectivity index (χ0) is 14.8. The number of rotatable bonds is 6. The molecule has 0 aliphatic heterocycles. The molecule has 1 aromatic carbocycles. The summed E-state index contributed by atoms with van der Waals surface area (Å²) in [5.74, 6) is 0.0591. The van der Waals surface area contributed by atoms with Gasteiger partial charge in [0.25, 0.3) is 0 Å². The number of benzene rings is 1. The number of ketones is 1. The van der Waals surface area contributed by atoms with E-state index >= 15 is 0 Å². The van der Waals surface area contributed by atoms with Crippen molar-refractivity contribution in [2.24, 2.45) is 0 Å². The lowest BCUT2D eigenvalue weighted by molar-refractivity contribution is -0.127. The average molecular weight is 277 g/mol. The molecule has 0 heterocycles. The second-order valence-corrected chi connectivity index (χ2v) is 6.07. The van der Waals surface area contributed by atoms with Crippen LogP contribution in [0, 0.1) is 5.82 Å². The van der Waals surface area contributed by atoms with E-state index in [-0.39, 0.29) is 23.1 Å². The molecule has 1 saturated carbocycles. The van der Waals surface area contributed by atoms with Gasteiger partial charge in [-0.3, -0.25) is 9.69 Å². The van der Waals surface area contributed by atoms with Crippen molar-refractivity contribution < 1.29 is 9.18 Å². The first-order valence-electron chi connectivity index (χ1n) is 7.47. The number of Topliss-reactive ketones (excluding diaryl/α,β-unsaturated/α-hetero) is 1. The summed E-state index contributed by atoms with van der Waals surface area (Å²) in [7, 11) is 3.86. The third-order valence-electron chi connectivity index (χ3n) is 4.50. The van der Waals surface area contributed by atoms with Crippen LogP contribution in [0.25, 0.3) is 0 Å². The molecule has 1 aromatic rings. The minimum Gasteiger partial charge on any atom is -0.299 e. The minimum absolute atomic E-state index is 0.177. The molecule has 0 amide bonds. The summed E-state index contributed by atoms with van der Waals surface area (Å²) in [6.07, 6.45) is 4.27. The highest BCUT2D eigenvalue weighted by Gasteiger charge is 2.50. The van der Waals surface area contributed by atoms with Crippen molar-refractivity contribution in [3.8, 4) is 0 Å². The van der Waals surface area contributed by atoms with E-state index in [1.165, 1.54) is 6.07 Å². The first kappa shape index (κ1) is 15.2. The molecule has 1 fully saturated rings. The first-order valence-corrected chi connectivity index (χ1v) is 7.47. The predicted molar refractivity (Wildman–Crippen MR) is 79.3 cm³/mol. The summed E-state index contributed by atoms with van der Waals surface area (Å²) in [6, 6.07) is 6.73. The molecule has 2 rings (SSSR count). The molecule has 0 spiro atoms. The molecule has 0 radical (unpaired) electrons. The molecule has 1 unspecified atom stereocenters. The fourth-order valence-corrected chi connectivity index (χ4v) is 3.59. The van der Waals surface area contributed by atoms with E-state index in [9.17, 15) is 9.18 Å². The van der Waals surface area contributed by atoms with Gasteiger partial charge in [-0.15, -0.1) is 0 Å². The van der Waals surface area contributed by atoms with Crippen molar-refractivity contribution in [3.63, 3.8) is 0 Å². The van der Waals surface area contributed by atoms with Crippen LogP contribution >= 0.6 is 0 Å². The van der Waals surface area contributed by atoms with Crippen LogP contribution in [0.5, 0.6) is 0 Å². The standard InChI is InChI=1S/C17H24FNO/c1-4-8-15(20)16(19(2)3)17(11-7-12-17)13-9-5-6-10-14(13)18/h5-6,9-10,16H,4,7-8,11-12H2,1-3H3. The van der Waals surface area contributed by atoms with E-state index in [0.717, 1.165) is 31.2 Å². The van der Waals surface area contributed by atoms with Gasteiger partial charge in [0.2, 0.25) is 0 Å². The van der Waals surface area contributed by atoms with Crippen molar-refractivity contribution in [2.45, 2.75) is 50.5 Å². The van der Waals surface area contributed by atoms with Crippen LogP contribution in [-0.2, 0) is 10.2 Å². The Morgan fingerprint density at radius 2 is 2.00 bits per heavy atom. The van der Waals surface area contributed by atoms with Gasteiger partial charge in [0, 0.05) is 11.8 Å². The Morgan fingerprint density at radius 1 is 1.35 bits per heavy atom. The van der Waals surface area contributed by atoms with Crippen LogP contribution in [0.1, 0.15) is 44.6 Å². The van der Waals surface area contributed by atoms with E-state index < -0.39 is 0 Å². The summed E-state index contributed by atoms with van der Waals surface area (Å²) in [5, 5.41) is 0. The Balaban J connectivity index is 2.43. The van der Waals surface area contributed by atoms with Gasteiger partial charge in [-0.05, 0) is 45.0 Å². The predicted octanol–water partition coefficient (Wildman–Crippen LogP) is 3.55. The summed E-state index contributed by atoms with van der Waals surface area (Å²) >= 11 is 0. The van der Waals surface area contributed by atoms with Gasteiger partial charge in [-0.2, -0.15) is 0 Å². The van der Waals surface area contributed by atoms with E-state index in [1.54, 1.807) is 6.07 Å². The summed E-state index contributed by atoms with van der Waals surface area (Å²) in [4.78, 5) is 14.5. The zero-order valence-electron chi connectivity index (χ0n) is 12.7. The molecule has 2 nitrogen and oxygen atoms in total. The molecule has 0 N–H and O–H groups in total. The molecule has 110 valence electrons. The number of likely N-dealkylation sites (N-methyl/N-ethyl adjacent to an activating group) is 1. The Bertz CT molecular complexity index is 480. The second kappa shape index (κ2) is 6.04. The van der Waals surface area contributed by atoms with Crippen molar-refractivity contribution >= 4 is 5.78 Å². The quantitative estimate of drug-likeness (QED) is 0.792. The number of carbonyl (C=O) groups is 1. The molecule has 3 heteroatoms. The van der Waals surface area contributed by atoms with Gasteiger partial charge in [0.05, 0.1) is 6.04 Å². The first-order chi connectivity index (χ1) is 9.53. The number of nitrogens with zero attached hydrogens (tertiary/aromatic N) is 1. The highest BCUT2D eigenvalue weighted by atomic mass is 19.1. The molecule has 0 bridgehead atoms. The Morgan fingerprint density at radius 3 is 2.45 bits per heavy atom. The summed E-state index contributed by atoms with van der Waals surface area (Å²) < 4.78 is 14.2. The maximum absolute atomic E-state index is 14.2. The molecule has 1 aliphatic carbocycles. The number of hydrogen-bond acceptors (Lipinski definition) is 2.